The van der Waals surface area contributed by atoms with Crippen LogP contribution in [-0.4, -0.2) is 29.4 Å². The minimum atomic E-state index is 0.0254. The van der Waals surface area contributed by atoms with Gasteiger partial charge in [-0.3, -0.25) is 9.69 Å². The molecule has 0 fully saturated rings. The fourth-order valence-electron chi connectivity index (χ4n) is 2.37. The molecule has 0 saturated carbocycles. The Bertz CT molecular complexity index is 752. The highest BCUT2D eigenvalue weighted by molar-refractivity contribution is 7.18. The Balaban J connectivity index is 1.50. The third kappa shape index (κ3) is 4.37. The molecule has 5 heteroatoms. The van der Waals surface area contributed by atoms with E-state index in [0.29, 0.717) is 19.6 Å². The smallest absolute Gasteiger partial charge is 0.234 e. The third-order valence-electron chi connectivity index (χ3n) is 3.49. The van der Waals surface area contributed by atoms with Gasteiger partial charge in [-0.25, -0.2) is 4.98 Å². The van der Waals surface area contributed by atoms with Crippen molar-refractivity contribution in [2.45, 2.75) is 13.1 Å². The maximum atomic E-state index is 12.0. The molecule has 0 bridgehead atoms. The summed E-state index contributed by atoms with van der Waals surface area (Å²) in [5.41, 5.74) is 2.13. The molecule has 3 rings (SSSR count). The van der Waals surface area contributed by atoms with Crippen molar-refractivity contribution in [1.82, 2.24) is 15.2 Å². The molecule has 0 radical (unpaired) electrons. The number of likely N-dealkylation sites (N-methyl/N-ethyl adjacent to an activating group) is 1. The van der Waals surface area contributed by atoms with Crippen LogP contribution in [0.4, 0.5) is 0 Å². The van der Waals surface area contributed by atoms with E-state index in [9.17, 15) is 4.79 Å². The predicted molar refractivity (Wildman–Crippen MR) is 94.2 cm³/mol. The largest absolute Gasteiger partial charge is 0.351 e. The van der Waals surface area contributed by atoms with Gasteiger partial charge in [-0.05, 0) is 24.7 Å². The Morgan fingerprint density at radius 3 is 2.65 bits per heavy atom. The number of fused-ring (bicyclic) bond motifs is 1. The second-order valence-corrected chi connectivity index (χ2v) is 6.63. The number of carbonyl (C=O) groups is 1. The highest BCUT2D eigenvalue weighted by atomic mass is 32.1. The maximum absolute atomic E-state index is 12.0. The van der Waals surface area contributed by atoms with Crippen LogP contribution in [0.25, 0.3) is 10.2 Å². The Morgan fingerprint density at radius 2 is 1.87 bits per heavy atom. The summed E-state index contributed by atoms with van der Waals surface area (Å²) in [5, 5.41) is 3.98. The van der Waals surface area contributed by atoms with Crippen molar-refractivity contribution in [1.29, 1.82) is 0 Å². The zero-order chi connectivity index (χ0) is 16.1. The predicted octanol–water partition coefficient (Wildman–Crippen LogP) is 3.04. The van der Waals surface area contributed by atoms with Crippen LogP contribution in [0.3, 0.4) is 0 Å². The molecule has 0 aliphatic carbocycles. The molecule has 4 nitrogen and oxygen atoms in total. The second-order valence-electron chi connectivity index (χ2n) is 5.51. The maximum Gasteiger partial charge on any atom is 0.234 e. The number of nitrogens with zero attached hydrogens (tertiary/aromatic N) is 2. The number of hydrogen-bond acceptors (Lipinski definition) is 4. The van der Waals surface area contributed by atoms with Crippen molar-refractivity contribution in [3.05, 3.63) is 65.2 Å². The molecule has 2 aromatic carbocycles. The third-order valence-corrected chi connectivity index (χ3v) is 4.51. The van der Waals surface area contributed by atoms with E-state index in [4.69, 9.17) is 0 Å². The number of rotatable bonds is 6. The van der Waals surface area contributed by atoms with E-state index < -0.39 is 0 Å². The number of hydrogen-bond donors (Lipinski definition) is 1. The molecule has 0 spiro atoms. The molecule has 0 unspecified atom stereocenters. The van der Waals surface area contributed by atoms with Crippen molar-refractivity contribution in [2.75, 3.05) is 13.6 Å². The first-order valence-corrected chi connectivity index (χ1v) is 8.36. The van der Waals surface area contributed by atoms with Gasteiger partial charge < -0.3 is 5.32 Å². The molecule has 0 aliphatic rings. The van der Waals surface area contributed by atoms with Crippen molar-refractivity contribution in [3.63, 3.8) is 0 Å². The quantitative estimate of drug-likeness (QED) is 0.758. The lowest BCUT2D eigenvalue weighted by Crippen LogP contribution is -2.34. The molecule has 1 amide bonds. The van der Waals surface area contributed by atoms with E-state index in [2.05, 4.69) is 16.4 Å². The van der Waals surface area contributed by atoms with E-state index >= 15 is 0 Å². The van der Waals surface area contributed by atoms with Gasteiger partial charge in [0.2, 0.25) is 5.91 Å². The van der Waals surface area contributed by atoms with E-state index in [1.807, 2.05) is 60.5 Å². The number of carbonyl (C=O) groups excluding carboxylic acids is 1. The first kappa shape index (κ1) is 15.6. The van der Waals surface area contributed by atoms with Crippen LogP contribution in [0.15, 0.2) is 54.6 Å². The molecule has 0 atom stereocenters. The zero-order valence-corrected chi connectivity index (χ0v) is 13.8. The number of para-hydroxylation sites is 1. The fraction of sp³-hybridized carbons (Fsp3) is 0.222. The molecule has 23 heavy (non-hydrogen) atoms. The van der Waals surface area contributed by atoms with Crippen molar-refractivity contribution in [3.8, 4) is 0 Å². The molecule has 118 valence electrons. The van der Waals surface area contributed by atoms with Crippen LogP contribution < -0.4 is 5.32 Å². The normalized spacial score (nSPS) is 11.0. The summed E-state index contributed by atoms with van der Waals surface area (Å²) < 4.78 is 1.18. The summed E-state index contributed by atoms with van der Waals surface area (Å²) in [6.45, 7) is 1.61. The lowest BCUT2D eigenvalue weighted by Gasteiger charge is -2.14. The average molecular weight is 325 g/mol. The van der Waals surface area contributed by atoms with Crippen LogP contribution >= 0.6 is 11.3 Å². The van der Waals surface area contributed by atoms with Gasteiger partial charge >= 0.3 is 0 Å². The standard InChI is InChI=1S/C18H19N3OS/c1-21(12-17(22)19-11-14-7-3-2-4-8-14)13-18-20-15-9-5-6-10-16(15)23-18/h2-10H,11-13H2,1H3,(H,19,22). The van der Waals surface area contributed by atoms with Crippen LogP contribution in [0.2, 0.25) is 0 Å². The zero-order valence-electron chi connectivity index (χ0n) is 13.0. The summed E-state index contributed by atoms with van der Waals surface area (Å²) in [6.07, 6.45) is 0. The van der Waals surface area contributed by atoms with Crippen LogP contribution in [-0.2, 0) is 17.9 Å². The topological polar surface area (TPSA) is 45.2 Å². The summed E-state index contributed by atoms with van der Waals surface area (Å²) >= 11 is 1.68. The van der Waals surface area contributed by atoms with Crippen LogP contribution in [0, 0.1) is 0 Å². The van der Waals surface area contributed by atoms with Crippen molar-refractivity contribution >= 4 is 27.5 Å². The van der Waals surface area contributed by atoms with E-state index in [-0.39, 0.29) is 5.91 Å². The van der Waals surface area contributed by atoms with E-state index in [1.165, 1.54) is 4.70 Å². The van der Waals surface area contributed by atoms with Crippen molar-refractivity contribution < 1.29 is 4.79 Å². The molecule has 3 aromatic rings. The summed E-state index contributed by atoms with van der Waals surface area (Å²) in [4.78, 5) is 18.6. The molecular formula is C18H19N3OS. The van der Waals surface area contributed by atoms with Gasteiger partial charge in [0.1, 0.15) is 5.01 Å². The summed E-state index contributed by atoms with van der Waals surface area (Å²) in [7, 11) is 1.94. The first-order chi connectivity index (χ1) is 11.2. The second kappa shape index (κ2) is 7.35. The average Bonchev–Trinajstić information content (AvgIpc) is 2.96. The van der Waals surface area contributed by atoms with Gasteiger partial charge in [0, 0.05) is 6.54 Å². The number of thiazole rings is 1. The van der Waals surface area contributed by atoms with Crippen LogP contribution in [0.5, 0.6) is 0 Å². The lowest BCUT2D eigenvalue weighted by molar-refractivity contribution is -0.122. The number of nitrogens with one attached hydrogen (secondary N) is 1. The van der Waals surface area contributed by atoms with Gasteiger partial charge in [0.25, 0.3) is 0 Å². The molecule has 1 N–H and O–H groups in total. The van der Waals surface area contributed by atoms with Crippen LogP contribution in [0.1, 0.15) is 10.6 Å². The Labute approximate surface area is 139 Å². The Morgan fingerprint density at radius 1 is 1.13 bits per heavy atom. The minimum Gasteiger partial charge on any atom is -0.351 e. The van der Waals surface area contributed by atoms with E-state index in [1.54, 1.807) is 11.3 Å². The number of aromatic nitrogens is 1. The molecule has 0 aliphatic heterocycles. The van der Waals surface area contributed by atoms with E-state index in [0.717, 1.165) is 16.1 Å². The number of benzene rings is 2. The SMILES string of the molecule is CN(CC(=O)NCc1ccccc1)Cc1nc2ccccc2s1. The highest BCUT2D eigenvalue weighted by Gasteiger charge is 2.10. The first-order valence-electron chi connectivity index (χ1n) is 7.54. The summed E-state index contributed by atoms with van der Waals surface area (Å²) in [5.74, 6) is 0.0254. The molecule has 1 heterocycles. The highest BCUT2D eigenvalue weighted by Crippen LogP contribution is 2.22. The molecule has 0 saturated heterocycles. The fourth-order valence-corrected chi connectivity index (χ4v) is 3.42. The molecule has 1 aromatic heterocycles. The minimum absolute atomic E-state index is 0.0254. The van der Waals surface area contributed by atoms with Gasteiger partial charge in [-0.1, -0.05) is 42.5 Å². The van der Waals surface area contributed by atoms with Gasteiger partial charge in [0.05, 0.1) is 23.3 Å². The monoisotopic (exact) mass is 325 g/mol. The Kier molecular flexibility index (Phi) is 5.00. The number of amides is 1. The lowest BCUT2D eigenvalue weighted by atomic mass is 10.2. The van der Waals surface area contributed by atoms with Gasteiger partial charge in [-0.15, -0.1) is 11.3 Å². The van der Waals surface area contributed by atoms with Gasteiger partial charge in [0.15, 0.2) is 0 Å². The molecular weight excluding hydrogens is 306 g/mol. The Hall–Kier alpha value is -2.24. The van der Waals surface area contributed by atoms with Crippen molar-refractivity contribution in [2.24, 2.45) is 0 Å². The van der Waals surface area contributed by atoms with Gasteiger partial charge in [-0.2, -0.15) is 0 Å². The summed E-state index contributed by atoms with van der Waals surface area (Å²) in [6, 6.07) is 18.0.